The first-order valence-electron chi connectivity index (χ1n) is 9.99. The Morgan fingerprint density at radius 2 is 1.57 bits per heavy atom. The number of hydrogen-bond acceptors (Lipinski definition) is 4. The zero-order chi connectivity index (χ0) is 19.3. The number of aromatic nitrogens is 1. The zero-order valence-electron chi connectivity index (χ0n) is 15.7. The van der Waals surface area contributed by atoms with Crippen molar-refractivity contribution in [1.29, 1.82) is 0 Å². The average Bonchev–Trinajstić information content (AvgIpc) is 2.94. The van der Waals surface area contributed by atoms with E-state index in [0.717, 1.165) is 44.7 Å². The Bertz CT molecular complexity index is 977. The van der Waals surface area contributed by atoms with Gasteiger partial charge >= 0.3 is 0 Å². The summed E-state index contributed by atoms with van der Waals surface area (Å²) in [5.41, 5.74) is 2.28. The molecule has 2 bridgehead atoms. The van der Waals surface area contributed by atoms with Gasteiger partial charge in [0.05, 0.1) is 11.1 Å². The lowest BCUT2D eigenvalue weighted by Crippen LogP contribution is -2.47. The first-order valence-corrected chi connectivity index (χ1v) is 9.99. The van der Waals surface area contributed by atoms with Crippen molar-refractivity contribution in [1.82, 2.24) is 14.4 Å². The zero-order valence-corrected chi connectivity index (χ0v) is 15.7. The number of imide groups is 1. The van der Waals surface area contributed by atoms with E-state index in [0.29, 0.717) is 29.5 Å². The number of pyridine rings is 1. The quantitative estimate of drug-likeness (QED) is 0.764. The van der Waals surface area contributed by atoms with Gasteiger partial charge in [-0.25, -0.2) is 0 Å². The minimum Gasteiger partial charge on any atom is -0.312 e. The molecule has 3 aliphatic heterocycles. The van der Waals surface area contributed by atoms with Gasteiger partial charge in [-0.05, 0) is 43.5 Å². The van der Waals surface area contributed by atoms with Crippen LogP contribution in [0.5, 0.6) is 0 Å². The summed E-state index contributed by atoms with van der Waals surface area (Å²) in [6, 6.07) is 12.6. The van der Waals surface area contributed by atoms with Crippen molar-refractivity contribution < 1.29 is 9.59 Å². The molecular weight excluding hydrogens is 354 g/mol. The van der Waals surface area contributed by atoms with Crippen molar-refractivity contribution in [2.45, 2.75) is 25.3 Å². The van der Waals surface area contributed by atoms with Crippen molar-refractivity contribution >= 4 is 11.8 Å². The molecule has 1 aromatic heterocycles. The maximum absolute atomic E-state index is 12.5. The largest absolute Gasteiger partial charge is 0.312 e. The molecule has 0 aliphatic carbocycles. The number of carbonyl (C=O) groups is 2. The Labute approximate surface area is 163 Å². The third-order valence-electron chi connectivity index (χ3n) is 6.29. The SMILES string of the molecule is O=C1c2ccccc2C(=O)N1CCCN1C[C@H]2C[C@@H](C1)c1cccc(=O)n1C2. The van der Waals surface area contributed by atoms with Crippen molar-refractivity contribution in [3.05, 3.63) is 69.6 Å². The number of benzene rings is 1. The molecule has 0 N–H and O–H groups in total. The predicted molar refractivity (Wildman–Crippen MR) is 104 cm³/mol. The second-order valence-corrected chi connectivity index (χ2v) is 8.12. The highest BCUT2D eigenvalue weighted by molar-refractivity contribution is 6.21. The summed E-state index contributed by atoms with van der Waals surface area (Å²) < 4.78 is 1.94. The van der Waals surface area contributed by atoms with E-state index in [1.807, 2.05) is 10.6 Å². The van der Waals surface area contributed by atoms with Gasteiger partial charge in [-0.3, -0.25) is 19.3 Å². The summed E-state index contributed by atoms with van der Waals surface area (Å²) in [6.45, 7) is 4.01. The molecule has 3 aliphatic rings. The van der Waals surface area contributed by atoms with Gasteiger partial charge in [-0.15, -0.1) is 0 Å². The molecule has 1 fully saturated rings. The van der Waals surface area contributed by atoms with Crippen LogP contribution in [0.3, 0.4) is 0 Å². The van der Waals surface area contributed by atoms with Gasteiger partial charge in [0.25, 0.3) is 17.4 Å². The Morgan fingerprint density at radius 1 is 0.821 bits per heavy atom. The highest BCUT2D eigenvalue weighted by Gasteiger charge is 2.36. The lowest BCUT2D eigenvalue weighted by molar-refractivity contribution is 0.0636. The maximum Gasteiger partial charge on any atom is 0.261 e. The molecular formula is C22H23N3O3. The second kappa shape index (κ2) is 6.71. The van der Waals surface area contributed by atoms with E-state index >= 15 is 0 Å². The minimum absolute atomic E-state index is 0.103. The summed E-state index contributed by atoms with van der Waals surface area (Å²) in [7, 11) is 0. The van der Waals surface area contributed by atoms with Crippen molar-refractivity contribution in [3.63, 3.8) is 0 Å². The summed E-state index contributed by atoms with van der Waals surface area (Å²) in [5, 5.41) is 0. The van der Waals surface area contributed by atoms with E-state index in [4.69, 9.17) is 0 Å². The van der Waals surface area contributed by atoms with E-state index < -0.39 is 0 Å². The second-order valence-electron chi connectivity index (χ2n) is 8.12. The van der Waals surface area contributed by atoms with Crippen LogP contribution in [0.2, 0.25) is 0 Å². The smallest absolute Gasteiger partial charge is 0.261 e. The summed E-state index contributed by atoms with van der Waals surface area (Å²) in [4.78, 5) is 40.9. The fourth-order valence-electron chi connectivity index (χ4n) is 5.07. The van der Waals surface area contributed by atoms with Crippen LogP contribution in [-0.2, 0) is 6.54 Å². The third-order valence-corrected chi connectivity index (χ3v) is 6.29. The van der Waals surface area contributed by atoms with E-state index in [9.17, 15) is 14.4 Å². The number of amides is 2. The summed E-state index contributed by atoms with van der Waals surface area (Å²) in [6.07, 6.45) is 1.91. The van der Waals surface area contributed by atoms with Crippen LogP contribution in [0.1, 0.15) is 45.2 Å². The van der Waals surface area contributed by atoms with Crippen molar-refractivity contribution in [2.75, 3.05) is 26.2 Å². The Balaban J connectivity index is 1.22. The van der Waals surface area contributed by atoms with E-state index in [1.54, 1.807) is 30.3 Å². The number of carbonyl (C=O) groups excluding carboxylic acids is 2. The maximum atomic E-state index is 12.5. The summed E-state index contributed by atoms with van der Waals surface area (Å²) >= 11 is 0. The highest BCUT2D eigenvalue weighted by Crippen LogP contribution is 2.35. The lowest BCUT2D eigenvalue weighted by Gasteiger charge is -2.42. The number of piperidine rings is 1. The standard InChI is InChI=1S/C22H23N3O3/c26-20-8-3-7-19-16-11-15(13-25(19)20)12-23(14-16)9-4-10-24-21(27)17-5-1-2-6-18(17)22(24)28/h1-3,5-8,15-16H,4,9-14H2/t15-,16+/m1/s1. The van der Waals surface area contributed by atoms with Gasteiger partial charge in [0.1, 0.15) is 0 Å². The Morgan fingerprint density at radius 3 is 2.32 bits per heavy atom. The topological polar surface area (TPSA) is 62.6 Å². The van der Waals surface area contributed by atoms with E-state index in [1.165, 1.54) is 4.90 Å². The Hall–Kier alpha value is -2.73. The minimum atomic E-state index is -0.176. The third kappa shape index (κ3) is 2.79. The first kappa shape index (κ1) is 17.4. The fourth-order valence-corrected chi connectivity index (χ4v) is 5.07. The van der Waals surface area contributed by atoms with Gasteiger partial charge in [0.15, 0.2) is 0 Å². The van der Waals surface area contributed by atoms with E-state index in [-0.39, 0.29) is 17.4 Å². The number of fused-ring (bicyclic) bond motifs is 5. The molecule has 28 heavy (non-hydrogen) atoms. The first-order chi connectivity index (χ1) is 13.6. The van der Waals surface area contributed by atoms with Crippen LogP contribution in [0, 0.1) is 5.92 Å². The Kier molecular flexibility index (Phi) is 4.16. The van der Waals surface area contributed by atoms with Gasteiger partial charge in [0.2, 0.25) is 0 Å². The van der Waals surface area contributed by atoms with Crippen LogP contribution in [0.4, 0.5) is 0 Å². The molecule has 1 saturated heterocycles. The normalized spacial score (nSPS) is 23.6. The monoisotopic (exact) mass is 377 g/mol. The number of nitrogens with zero attached hydrogens (tertiary/aromatic N) is 3. The van der Waals surface area contributed by atoms with Crippen LogP contribution in [-0.4, -0.2) is 52.4 Å². The molecule has 4 heterocycles. The molecule has 0 saturated carbocycles. The molecule has 6 nitrogen and oxygen atoms in total. The lowest BCUT2D eigenvalue weighted by atomic mass is 9.83. The van der Waals surface area contributed by atoms with Crippen LogP contribution in [0.25, 0.3) is 0 Å². The molecule has 144 valence electrons. The summed E-state index contributed by atoms with van der Waals surface area (Å²) in [5.74, 6) is 0.528. The molecule has 2 atom stereocenters. The number of hydrogen-bond donors (Lipinski definition) is 0. The van der Waals surface area contributed by atoms with Crippen LogP contribution < -0.4 is 5.56 Å². The van der Waals surface area contributed by atoms with Crippen molar-refractivity contribution in [3.8, 4) is 0 Å². The fraction of sp³-hybridized carbons (Fsp3) is 0.409. The molecule has 6 heteroatoms. The van der Waals surface area contributed by atoms with Gasteiger partial charge in [-0.2, -0.15) is 0 Å². The van der Waals surface area contributed by atoms with Gasteiger partial charge < -0.3 is 9.47 Å². The van der Waals surface area contributed by atoms with Gasteiger partial charge in [-0.1, -0.05) is 18.2 Å². The average molecular weight is 377 g/mol. The highest BCUT2D eigenvalue weighted by atomic mass is 16.2. The van der Waals surface area contributed by atoms with Crippen molar-refractivity contribution in [2.24, 2.45) is 5.92 Å². The molecule has 0 spiro atoms. The van der Waals surface area contributed by atoms with E-state index in [2.05, 4.69) is 11.0 Å². The van der Waals surface area contributed by atoms with Crippen LogP contribution >= 0.6 is 0 Å². The molecule has 2 amide bonds. The molecule has 0 unspecified atom stereocenters. The molecule has 5 rings (SSSR count). The number of likely N-dealkylation sites (tertiary alicyclic amines) is 1. The number of rotatable bonds is 4. The predicted octanol–water partition coefficient (Wildman–Crippen LogP) is 1.95. The van der Waals surface area contributed by atoms with Gasteiger partial charge in [0, 0.05) is 43.9 Å². The molecule has 1 aromatic carbocycles. The molecule has 2 aromatic rings. The molecule has 0 radical (unpaired) electrons. The van der Waals surface area contributed by atoms with Crippen LogP contribution in [0.15, 0.2) is 47.3 Å².